The van der Waals surface area contributed by atoms with E-state index < -0.39 is 10.0 Å². The Hall–Kier alpha value is -1.51. The summed E-state index contributed by atoms with van der Waals surface area (Å²) < 4.78 is 27.2. The topological polar surface area (TPSA) is 82.6 Å². The number of carbonyl (C=O) groups is 1. The lowest BCUT2D eigenvalue weighted by Crippen LogP contribution is -2.56. The summed E-state index contributed by atoms with van der Waals surface area (Å²) >= 11 is 0. The third kappa shape index (κ3) is 3.25. The van der Waals surface area contributed by atoms with Gasteiger partial charge in [0.2, 0.25) is 5.91 Å². The van der Waals surface area contributed by atoms with Crippen LogP contribution in [0.1, 0.15) is 39.5 Å². The van der Waals surface area contributed by atoms with Crippen LogP contribution in [0, 0.1) is 11.8 Å². The van der Waals surface area contributed by atoms with Gasteiger partial charge in [-0.15, -0.1) is 0 Å². The molecule has 0 saturated carbocycles. The summed E-state index contributed by atoms with van der Waals surface area (Å²) in [5.74, 6) is 0.467. The van der Waals surface area contributed by atoms with Gasteiger partial charge in [0.25, 0.3) is 10.0 Å². The van der Waals surface area contributed by atoms with Gasteiger partial charge >= 0.3 is 0 Å². The Kier molecular flexibility index (Phi) is 5.22. The number of aromatic nitrogens is 1. The van der Waals surface area contributed by atoms with Gasteiger partial charge in [0.05, 0.1) is 5.92 Å². The summed E-state index contributed by atoms with van der Waals surface area (Å²) in [6, 6.07) is 5.43. The van der Waals surface area contributed by atoms with Crippen molar-refractivity contribution in [1.29, 1.82) is 0 Å². The van der Waals surface area contributed by atoms with Gasteiger partial charge in [-0.1, -0.05) is 19.4 Å². The van der Waals surface area contributed by atoms with Crippen LogP contribution in [0.25, 0.3) is 0 Å². The van der Waals surface area contributed by atoms with Crippen molar-refractivity contribution in [2.45, 2.75) is 56.1 Å². The van der Waals surface area contributed by atoms with Gasteiger partial charge < -0.3 is 5.32 Å². The molecule has 28 heavy (non-hydrogen) atoms. The summed E-state index contributed by atoms with van der Waals surface area (Å²) in [6.45, 7) is 7.04. The first kappa shape index (κ1) is 19.8. The van der Waals surface area contributed by atoms with Crippen molar-refractivity contribution in [3.8, 4) is 0 Å². The maximum absolute atomic E-state index is 12.9. The molecule has 1 spiro atoms. The first-order valence-electron chi connectivity index (χ1n) is 10.3. The predicted molar refractivity (Wildman–Crippen MR) is 106 cm³/mol. The van der Waals surface area contributed by atoms with Gasteiger partial charge in [-0.25, -0.2) is 13.4 Å². The SMILES string of the molecule is CCCC(C)N1C[C@H]2C(=O)NC3(CCN(S(=O)(=O)c4ccccn4)CC3)[C@H]2C1. The Labute approximate surface area is 167 Å². The fraction of sp³-hybridized carbons (Fsp3) is 0.700. The molecule has 8 heteroatoms. The fourth-order valence-corrected chi connectivity index (χ4v) is 6.68. The fourth-order valence-electron chi connectivity index (χ4n) is 5.30. The number of fused-ring (bicyclic) bond motifs is 2. The van der Waals surface area contributed by atoms with Crippen molar-refractivity contribution in [2.75, 3.05) is 26.2 Å². The number of likely N-dealkylation sites (tertiary alicyclic amines) is 1. The summed E-state index contributed by atoms with van der Waals surface area (Å²) in [5.41, 5.74) is -0.265. The average Bonchev–Trinajstić information content (AvgIpc) is 3.24. The Balaban J connectivity index is 1.47. The number of rotatable bonds is 5. The Morgan fingerprint density at radius 3 is 2.68 bits per heavy atom. The smallest absolute Gasteiger partial charge is 0.260 e. The number of hydrogen-bond acceptors (Lipinski definition) is 5. The van der Waals surface area contributed by atoms with E-state index >= 15 is 0 Å². The molecule has 4 heterocycles. The zero-order valence-corrected chi connectivity index (χ0v) is 17.5. The molecule has 1 aromatic heterocycles. The minimum atomic E-state index is -3.58. The molecule has 3 aliphatic rings. The Morgan fingerprint density at radius 2 is 2.04 bits per heavy atom. The molecule has 154 valence electrons. The molecule has 0 bridgehead atoms. The zero-order chi connectivity index (χ0) is 19.9. The number of amides is 1. The minimum absolute atomic E-state index is 0.0400. The second-order valence-electron chi connectivity index (χ2n) is 8.52. The van der Waals surface area contributed by atoms with Crippen LogP contribution in [0.2, 0.25) is 0 Å². The number of pyridine rings is 1. The molecule has 3 aliphatic heterocycles. The molecule has 0 aromatic carbocycles. The second kappa shape index (κ2) is 7.39. The van der Waals surface area contributed by atoms with Crippen molar-refractivity contribution in [3.05, 3.63) is 24.4 Å². The summed E-state index contributed by atoms with van der Waals surface area (Å²) in [4.78, 5) is 19.2. The highest BCUT2D eigenvalue weighted by Gasteiger charge is 2.58. The second-order valence-corrected chi connectivity index (χ2v) is 10.4. The molecule has 1 aromatic rings. The van der Waals surface area contributed by atoms with Crippen LogP contribution in [-0.4, -0.2) is 66.3 Å². The van der Waals surface area contributed by atoms with Crippen LogP contribution in [0.15, 0.2) is 29.4 Å². The van der Waals surface area contributed by atoms with E-state index in [9.17, 15) is 13.2 Å². The van der Waals surface area contributed by atoms with E-state index in [0.717, 1.165) is 25.9 Å². The number of nitrogens with one attached hydrogen (secondary N) is 1. The zero-order valence-electron chi connectivity index (χ0n) is 16.7. The molecule has 3 fully saturated rings. The van der Waals surface area contributed by atoms with E-state index in [-0.39, 0.29) is 28.3 Å². The van der Waals surface area contributed by atoms with Gasteiger partial charge in [-0.3, -0.25) is 9.69 Å². The van der Waals surface area contributed by atoms with Gasteiger partial charge in [0.15, 0.2) is 5.03 Å². The van der Waals surface area contributed by atoms with Crippen LogP contribution >= 0.6 is 0 Å². The van der Waals surface area contributed by atoms with Gasteiger partial charge in [0, 0.05) is 49.9 Å². The van der Waals surface area contributed by atoms with Crippen LogP contribution in [-0.2, 0) is 14.8 Å². The molecule has 7 nitrogen and oxygen atoms in total. The number of piperidine rings is 1. The monoisotopic (exact) mass is 406 g/mol. The summed E-state index contributed by atoms with van der Waals surface area (Å²) in [6.07, 6.45) is 5.13. The molecule has 0 radical (unpaired) electrons. The standard InChI is InChI=1S/C20H30N4O3S/c1-3-6-15(2)23-13-16-17(14-23)20(22-19(16)25)8-11-24(12-9-20)28(26,27)18-7-4-5-10-21-18/h4-5,7,10,15-17H,3,6,8-9,11-14H2,1-2H3,(H,22,25)/t15?,16-,17+/m1/s1. The lowest BCUT2D eigenvalue weighted by atomic mass is 9.76. The summed E-state index contributed by atoms with van der Waals surface area (Å²) in [7, 11) is -3.58. The van der Waals surface area contributed by atoms with E-state index in [0.29, 0.717) is 32.0 Å². The Bertz CT molecular complexity index is 821. The molecular weight excluding hydrogens is 376 g/mol. The largest absolute Gasteiger partial charge is 0.350 e. The van der Waals surface area contributed by atoms with Crippen LogP contribution < -0.4 is 5.32 Å². The van der Waals surface area contributed by atoms with Crippen molar-refractivity contribution in [2.24, 2.45) is 11.8 Å². The first-order chi connectivity index (χ1) is 13.4. The van der Waals surface area contributed by atoms with Crippen molar-refractivity contribution in [3.63, 3.8) is 0 Å². The van der Waals surface area contributed by atoms with E-state index in [4.69, 9.17) is 0 Å². The highest BCUT2D eigenvalue weighted by atomic mass is 32.2. The lowest BCUT2D eigenvalue weighted by Gasteiger charge is -2.42. The Morgan fingerprint density at radius 1 is 1.29 bits per heavy atom. The normalized spacial score (nSPS) is 29.0. The lowest BCUT2D eigenvalue weighted by molar-refractivity contribution is -0.123. The van der Waals surface area contributed by atoms with Crippen molar-refractivity contribution < 1.29 is 13.2 Å². The number of hydrogen-bond donors (Lipinski definition) is 1. The highest BCUT2D eigenvalue weighted by molar-refractivity contribution is 7.89. The van der Waals surface area contributed by atoms with E-state index in [1.54, 1.807) is 12.1 Å². The van der Waals surface area contributed by atoms with Gasteiger partial charge in [-0.2, -0.15) is 4.31 Å². The predicted octanol–water partition coefficient (Wildman–Crippen LogP) is 1.47. The number of carbonyl (C=O) groups excluding carboxylic acids is 1. The van der Waals surface area contributed by atoms with E-state index in [2.05, 4.69) is 29.0 Å². The molecule has 1 amide bonds. The third-order valence-electron chi connectivity index (χ3n) is 6.95. The van der Waals surface area contributed by atoms with Gasteiger partial charge in [0.1, 0.15) is 0 Å². The third-order valence-corrected chi connectivity index (χ3v) is 8.77. The van der Waals surface area contributed by atoms with E-state index in [1.807, 2.05) is 0 Å². The molecule has 3 atom stereocenters. The molecule has 3 saturated heterocycles. The molecule has 1 N–H and O–H groups in total. The van der Waals surface area contributed by atoms with Crippen LogP contribution in [0.3, 0.4) is 0 Å². The van der Waals surface area contributed by atoms with Crippen molar-refractivity contribution in [1.82, 2.24) is 19.5 Å². The maximum atomic E-state index is 12.9. The highest BCUT2D eigenvalue weighted by Crippen LogP contribution is 2.45. The molecule has 1 unspecified atom stereocenters. The van der Waals surface area contributed by atoms with E-state index in [1.165, 1.54) is 16.6 Å². The first-order valence-corrected chi connectivity index (χ1v) is 11.8. The maximum Gasteiger partial charge on any atom is 0.260 e. The van der Waals surface area contributed by atoms with Crippen LogP contribution in [0.5, 0.6) is 0 Å². The quantitative estimate of drug-likeness (QED) is 0.801. The average molecular weight is 407 g/mol. The molecule has 4 rings (SSSR count). The van der Waals surface area contributed by atoms with Gasteiger partial charge in [-0.05, 0) is 38.3 Å². The van der Waals surface area contributed by atoms with Crippen LogP contribution in [0.4, 0.5) is 0 Å². The van der Waals surface area contributed by atoms with Crippen molar-refractivity contribution >= 4 is 15.9 Å². The molecule has 0 aliphatic carbocycles. The number of nitrogens with zero attached hydrogens (tertiary/aromatic N) is 3. The molecular formula is C20H30N4O3S. The number of sulfonamides is 1. The summed E-state index contributed by atoms with van der Waals surface area (Å²) in [5, 5.41) is 3.37. The minimum Gasteiger partial charge on any atom is -0.350 e.